The molecule has 0 bridgehead atoms. The molecule has 1 heterocycles. The average molecular weight is 126 g/mol. The van der Waals surface area contributed by atoms with Crippen molar-refractivity contribution in [2.24, 2.45) is 0 Å². The zero-order valence-electron chi connectivity index (χ0n) is 5.26. The Bertz CT molecular complexity index is 160. The van der Waals surface area contributed by atoms with Crippen LogP contribution in [0.4, 0.5) is 0 Å². The van der Waals surface area contributed by atoms with Crippen LogP contribution in [-0.2, 0) is 0 Å². The highest BCUT2D eigenvalue weighted by Crippen LogP contribution is 2.03. The third kappa shape index (κ3) is 1.31. The van der Waals surface area contributed by atoms with Crippen molar-refractivity contribution in [3.8, 4) is 0 Å². The summed E-state index contributed by atoms with van der Waals surface area (Å²) in [5.74, 6) is 0. The maximum Gasteiger partial charge on any atom is 0.145 e. The number of hydrogen-bond donors (Lipinski definition) is 3. The number of aromatic nitrogens is 1. The minimum atomic E-state index is -0.569. The molecule has 0 radical (unpaired) electrons. The third-order valence-corrected chi connectivity index (χ3v) is 1.19. The fourth-order valence-electron chi connectivity index (χ4n) is 0.670. The Kier molecular flexibility index (Phi) is 1.87. The SMILES string of the molecule is CNC(O)c1ccc[nH]1. The van der Waals surface area contributed by atoms with Crippen molar-refractivity contribution < 1.29 is 5.11 Å². The molecule has 0 saturated heterocycles. The molecule has 0 amide bonds. The standard InChI is InChI=1S/C6H10N2O/c1-7-6(9)5-3-2-4-8-5/h2-4,6-9H,1H3. The molecule has 0 spiro atoms. The van der Waals surface area contributed by atoms with Crippen molar-refractivity contribution in [3.05, 3.63) is 24.0 Å². The Morgan fingerprint density at radius 3 is 3.00 bits per heavy atom. The van der Waals surface area contributed by atoms with E-state index in [0.717, 1.165) is 5.69 Å². The van der Waals surface area contributed by atoms with Crippen molar-refractivity contribution in [3.63, 3.8) is 0 Å². The highest BCUT2D eigenvalue weighted by molar-refractivity contribution is 5.05. The van der Waals surface area contributed by atoms with Crippen LogP contribution < -0.4 is 5.32 Å². The van der Waals surface area contributed by atoms with E-state index in [2.05, 4.69) is 10.3 Å². The fraction of sp³-hybridized carbons (Fsp3) is 0.333. The number of hydrogen-bond acceptors (Lipinski definition) is 2. The highest BCUT2D eigenvalue weighted by atomic mass is 16.3. The van der Waals surface area contributed by atoms with Crippen molar-refractivity contribution in [1.82, 2.24) is 10.3 Å². The second kappa shape index (κ2) is 2.66. The van der Waals surface area contributed by atoms with Gasteiger partial charge >= 0.3 is 0 Å². The Balaban J connectivity index is 2.65. The molecular formula is C6H10N2O. The topological polar surface area (TPSA) is 48.0 Å². The molecular weight excluding hydrogens is 116 g/mol. The van der Waals surface area contributed by atoms with Crippen molar-refractivity contribution in [2.75, 3.05) is 7.05 Å². The summed E-state index contributed by atoms with van der Waals surface area (Å²) in [4.78, 5) is 2.88. The lowest BCUT2D eigenvalue weighted by Crippen LogP contribution is -2.15. The number of aliphatic hydroxyl groups excluding tert-OH is 1. The largest absolute Gasteiger partial charge is 0.373 e. The molecule has 1 atom stereocenters. The second-order valence-electron chi connectivity index (χ2n) is 1.82. The predicted molar refractivity (Wildman–Crippen MR) is 34.8 cm³/mol. The quantitative estimate of drug-likeness (QED) is 0.496. The van der Waals surface area contributed by atoms with Gasteiger partial charge in [0.2, 0.25) is 0 Å². The number of nitrogens with one attached hydrogen (secondary N) is 2. The summed E-state index contributed by atoms with van der Waals surface area (Å²) >= 11 is 0. The van der Waals surface area contributed by atoms with Crippen molar-refractivity contribution in [2.45, 2.75) is 6.23 Å². The van der Waals surface area contributed by atoms with Crippen LogP contribution in [0.5, 0.6) is 0 Å². The van der Waals surface area contributed by atoms with Gasteiger partial charge in [0, 0.05) is 6.20 Å². The second-order valence-corrected chi connectivity index (χ2v) is 1.82. The highest BCUT2D eigenvalue weighted by Gasteiger charge is 2.01. The molecule has 0 saturated carbocycles. The van der Waals surface area contributed by atoms with E-state index in [1.165, 1.54) is 0 Å². The van der Waals surface area contributed by atoms with Crippen LogP contribution in [0.3, 0.4) is 0 Å². The Morgan fingerprint density at radius 1 is 1.78 bits per heavy atom. The molecule has 9 heavy (non-hydrogen) atoms. The lowest BCUT2D eigenvalue weighted by molar-refractivity contribution is 0.145. The number of aromatic amines is 1. The lowest BCUT2D eigenvalue weighted by Gasteiger charge is -2.04. The van der Waals surface area contributed by atoms with E-state index in [-0.39, 0.29) is 0 Å². The van der Waals surface area contributed by atoms with Gasteiger partial charge in [-0.1, -0.05) is 0 Å². The van der Waals surface area contributed by atoms with E-state index in [4.69, 9.17) is 5.11 Å². The maximum absolute atomic E-state index is 9.08. The predicted octanol–water partition coefficient (Wildman–Crippen LogP) is 0.225. The van der Waals surface area contributed by atoms with Crippen molar-refractivity contribution >= 4 is 0 Å². The van der Waals surface area contributed by atoms with Gasteiger partial charge in [0.15, 0.2) is 0 Å². The van der Waals surface area contributed by atoms with Crippen LogP contribution in [0.2, 0.25) is 0 Å². The summed E-state index contributed by atoms with van der Waals surface area (Å²) in [6.45, 7) is 0. The molecule has 0 aliphatic heterocycles. The van der Waals surface area contributed by atoms with E-state index < -0.39 is 6.23 Å². The van der Waals surface area contributed by atoms with Gasteiger partial charge in [-0.25, -0.2) is 0 Å². The van der Waals surface area contributed by atoms with Gasteiger partial charge in [0.1, 0.15) is 6.23 Å². The summed E-state index contributed by atoms with van der Waals surface area (Å²) in [6, 6.07) is 3.66. The van der Waals surface area contributed by atoms with E-state index in [9.17, 15) is 0 Å². The summed E-state index contributed by atoms with van der Waals surface area (Å²) in [6.07, 6.45) is 1.20. The van der Waals surface area contributed by atoms with Crippen molar-refractivity contribution in [1.29, 1.82) is 0 Å². The first-order valence-corrected chi connectivity index (χ1v) is 2.83. The van der Waals surface area contributed by atoms with Crippen LogP contribution in [0.1, 0.15) is 11.9 Å². The van der Waals surface area contributed by atoms with Gasteiger partial charge < -0.3 is 10.1 Å². The van der Waals surface area contributed by atoms with Gasteiger partial charge in [-0.15, -0.1) is 0 Å². The molecule has 0 aromatic carbocycles. The molecule has 1 rings (SSSR count). The number of aliphatic hydroxyl groups is 1. The molecule has 3 nitrogen and oxygen atoms in total. The van der Waals surface area contributed by atoms with E-state index >= 15 is 0 Å². The molecule has 50 valence electrons. The lowest BCUT2D eigenvalue weighted by atomic mass is 10.4. The molecule has 3 N–H and O–H groups in total. The van der Waals surface area contributed by atoms with E-state index in [1.807, 2.05) is 12.1 Å². The van der Waals surface area contributed by atoms with Gasteiger partial charge in [0.25, 0.3) is 0 Å². The number of rotatable bonds is 2. The van der Waals surface area contributed by atoms with Crippen LogP contribution in [-0.4, -0.2) is 17.1 Å². The molecule has 1 unspecified atom stereocenters. The van der Waals surface area contributed by atoms with Crippen LogP contribution >= 0.6 is 0 Å². The van der Waals surface area contributed by atoms with Crippen LogP contribution in [0.15, 0.2) is 18.3 Å². The zero-order chi connectivity index (χ0) is 6.69. The van der Waals surface area contributed by atoms with Gasteiger partial charge in [-0.05, 0) is 19.2 Å². The fourth-order valence-corrected chi connectivity index (χ4v) is 0.670. The molecule has 0 aliphatic carbocycles. The monoisotopic (exact) mass is 126 g/mol. The third-order valence-electron chi connectivity index (χ3n) is 1.19. The minimum Gasteiger partial charge on any atom is -0.373 e. The smallest absolute Gasteiger partial charge is 0.145 e. The summed E-state index contributed by atoms with van der Waals surface area (Å²) < 4.78 is 0. The summed E-state index contributed by atoms with van der Waals surface area (Å²) in [5, 5.41) is 11.8. The molecule has 1 aromatic rings. The zero-order valence-corrected chi connectivity index (χ0v) is 5.26. The first kappa shape index (κ1) is 6.32. The maximum atomic E-state index is 9.08. The first-order valence-electron chi connectivity index (χ1n) is 2.83. The molecule has 1 aromatic heterocycles. The van der Waals surface area contributed by atoms with Crippen LogP contribution in [0.25, 0.3) is 0 Å². The first-order chi connectivity index (χ1) is 4.34. The minimum absolute atomic E-state index is 0.569. The molecule has 3 heteroatoms. The van der Waals surface area contributed by atoms with Gasteiger partial charge in [-0.2, -0.15) is 0 Å². The van der Waals surface area contributed by atoms with Gasteiger partial charge in [0.05, 0.1) is 5.69 Å². The molecule has 0 fully saturated rings. The molecule has 0 aliphatic rings. The van der Waals surface area contributed by atoms with Crippen LogP contribution in [0, 0.1) is 0 Å². The number of H-pyrrole nitrogens is 1. The summed E-state index contributed by atoms with van der Waals surface area (Å²) in [7, 11) is 1.70. The summed E-state index contributed by atoms with van der Waals surface area (Å²) in [5.41, 5.74) is 0.789. The Morgan fingerprint density at radius 2 is 2.56 bits per heavy atom. The van der Waals surface area contributed by atoms with E-state index in [0.29, 0.717) is 0 Å². The van der Waals surface area contributed by atoms with Gasteiger partial charge in [-0.3, -0.25) is 5.32 Å². The van der Waals surface area contributed by atoms with E-state index in [1.54, 1.807) is 13.2 Å². The normalized spacial score (nSPS) is 13.6. The average Bonchev–Trinajstić information content (AvgIpc) is 2.37. The Labute approximate surface area is 53.7 Å². The Hall–Kier alpha value is -0.800.